The van der Waals surface area contributed by atoms with Gasteiger partial charge in [0.25, 0.3) is 5.91 Å². The molecule has 1 fully saturated rings. The molecule has 0 aliphatic carbocycles. The summed E-state index contributed by atoms with van der Waals surface area (Å²) in [4.78, 5) is 51.5. The number of esters is 1. The third kappa shape index (κ3) is 6.45. The van der Waals surface area contributed by atoms with Crippen LogP contribution in [0, 0.1) is 5.92 Å². The topological polar surface area (TPSA) is 96.0 Å². The summed E-state index contributed by atoms with van der Waals surface area (Å²) in [6, 6.07) is 6.54. The van der Waals surface area contributed by atoms with E-state index in [0.29, 0.717) is 37.6 Å². The number of carbonyl (C=O) groups is 4. The first-order valence-corrected chi connectivity index (χ1v) is 9.92. The number of hydrogen-bond donors (Lipinski definition) is 1. The van der Waals surface area contributed by atoms with Gasteiger partial charge in [-0.3, -0.25) is 19.2 Å². The maximum absolute atomic E-state index is 12.4. The van der Waals surface area contributed by atoms with E-state index in [0.717, 1.165) is 0 Å². The second-order valence-electron chi connectivity index (χ2n) is 6.82. The Hall–Kier alpha value is -2.61. The van der Waals surface area contributed by atoms with Crippen LogP contribution in [0.25, 0.3) is 0 Å². The van der Waals surface area contributed by atoms with E-state index in [9.17, 15) is 19.2 Å². The largest absolute Gasteiger partial charge is 0.466 e. The number of likely N-dealkylation sites (tertiary alicyclic amines) is 1. The van der Waals surface area contributed by atoms with Gasteiger partial charge in [0, 0.05) is 20.1 Å². The Bertz CT molecular complexity index is 762. The van der Waals surface area contributed by atoms with E-state index < -0.39 is 5.91 Å². The van der Waals surface area contributed by atoms with Crippen molar-refractivity contribution in [3.05, 3.63) is 34.9 Å². The number of ether oxygens (including phenoxy) is 1. The number of amides is 3. The predicted octanol–water partition coefficient (Wildman–Crippen LogP) is 1.33. The maximum atomic E-state index is 12.4. The van der Waals surface area contributed by atoms with E-state index >= 15 is 0 Å². The van der Waals surface area contributed by atoms with Gasteiger partial charge in [0.15, 0.2) is 0 Å². The number of piperidine rings is 1. The molecule has 0 bridgehead atoms. The normalized spacial score (nSPS) is 14.2. The number of nitrogens with one attached hydrogen (secondary N) is 1. The number of carbonyl (C=O) groups excluding carboxylic acids is 4. The maximum Gasteiger partial charge on any atom is 0.309 e. The van der Waals surface area contributed by atoms with Crippen LogP contribution in [0.4, 0.5) is 0 Å². The monoisotopic (exact) mass is 423 g/mol. The number of rotatable bonds is 7. The van der Waals surface area contributed by atoms with Gasteiger partial charge in [-0.1, -0.05) is 23.7 Å². The molecule has 1 aliphatic heterocycles. The van der Waals surface area contributed by atoms with Crippen molar-refractivity contribution in [3.63, 3.8) is 0 Å². The summed E-state index contributed by atoms with van der Waals surface area (Å²) in [5, 5.41) is 2.81. The van der Waals surface area contributed by atoms with Gasteiger partial charge in [-0.25, -0.2) is 0 Å². The number of nitrogens with zero attached hydrogens (tertiary/aromatic N) is 2. The summed E-state index contributed by atoms with van der Waals surface area (Å²) in [5.74, 6) is -1.44. The van der Waals surface area contributed by atoms with Gasteiger partial charge in [0.2, 0.25) is 11.8 Å². The number of halogens is 1. The van der Waals surface area contributed by atoms with Gasteiger partial charge in [0.05, 0.1) is 36.2 Å². The predicted molar refractivity (Wildman–Crippen MR) is 107 cm³/mol. The van der Waals surface area contributed by atoms with Crippen molar-refractivity contribution in [1.82, 2.24) is 15.1 Å². The molecule has 3 amide bonds. The third-order valence-corrected chi connectivity index (χ3v) is 5.11. The van der Waals surface area contributed by atoms with E-state index in [1.165, 1.54) is 11.9 Å². The molecule has 1 aromatic carbocycles. The summed E-state index contributed by atoms with van der Waals surface area (Å²) >= 11 is 5.96. The Balaban J connectivity index is 1.76. The molecule has 1 N–H and O–H groups in total. The molecule has 1 aliphatic rings. The van der Waals surface area contributed by atoms with Crippen molar-refractivity contribution in [2.75, 3.05) is 39.8 Å². The summed E-state index contributed by atoms with van der Waals surface area (Å²) in [6.07, 6.45) is 1.10. The third-order valence-electron chi connectivity index (χ3n) is 4.78. The second-order valence-corrected chi connectivity index (χ2v) is 7.23. The lowest BCUT2D eigenvalue weighted by atomic mass is 9.97. The minimum Gasteiger partial charge on any atom is -0.466 e. The molecule has 0 saturated carbocycles. The zero-order chi connectivity index (χ0) is 21.4. The zero-order valence-electron chi connectivity index (χ0n) is 16.7. The Morgan fingerprint density at radius 3 is 2.48 bits per heavy atom. The number of likely N-dealkylation sites (N-methyl/N-ethyl adjacent to an activating group) is 1. The van der Waals surface area contributed by atoms with Crippen LogP contribution in [-0.2, 0) is 19.1 Å². The lowest BCUT2D eigenvalue weighted by Crippen LogP contribution is -2.47. The average Bonchev–Trinajstić information content (AvgIpc) is 2.72. The summed E-state index contributed by atoms with van der Waals surface area (Å²) in [5.41, 5.74) is 0.283. The van der Waals surface area contributed by atoms with Crippen LogP contribution in [0.3, 0.4) is 0 Å². The molecule has 0 spiro atoms. The molecular formula is C20H26ClN3O5. The quantitative estimate of drug-likeness (QED) is 0.667. The standard InChI is InChI=1S/C20H26ClN3O5/c1-3-29-20(28)14-8-10-24(11-9-14)18(26)13-23(2)17(25)12-22-19(27)15-6-4-5-7-16(15)21/h4-7,14H,3,8-13H2,1-2H3,(H,22,27). The molecular weight excluding hydrogens is 398 g/mol. The molecule has 1 saturated heterocycles. The highest BCUT2D eigenvalue weighted by Crippen LogP contribution is 2.19. The van der Waals surface area contributed by atoms with E-state index in [2.05, 4.69) is 5.32 Å². The van der Waals surface area contributed by atoms with Crippen LogP contribution < -0.4 is 5.32 Å². The van der Waals surface area contributed by atoms with Crippen LogP contribution in [0.2, 0.25) is 5.02 Å². The van der Waals surface area contributed by atoms with Crippen molar-refractivity contribution in [1.29, 1.82) is 0 Å². The van der Waals surface area contributed by atoms with E-state index in [1.807, 2.05) is 0 Å². The fraction of sp³-hybridized carbons (Fsp3) is 0.500. The van der Waals surface area contributed by atoms with Gasteiger partial charge >= 0.3 is 5.97 Å². The summed E-state index contributed by atoms with van der Waals surface area (Å²) in [7, 11) is 1.51. The fourth-order valence-electron chi connectivity index (χ4n) is 3.05. The highest BCUT2D eigenvalue weighted by molar-refractivity contribution is 6.33. The van der Waals surface area contributed by atoms with Crippen LogP contribution in [0.5, 0.6) is 0 Å². The summed E-state index contributed by atoms with van der Waals surface area (Å²) in [6.45, 7) is 2.68. The van der Waals surface area contributed by atoms with Crippen LogP contribution in [0.1, 0.15) is 30.1 Å². The first-order valence-electron chi connectivity index (χ1n) is 9.54. The Labute approximate surface area is 175 Å². The van der Waals surface area contributed by atoms with Gasteiger partial charge in [-0.05, 0) is 31.9 Å². The molecule has 0 radical (unpaired) electrons. The Morgan fingerprint density at radius 1 is 1.21 bits per heavy atom. The highest BCUT2D eigenvalue weighted by atomic mass is 35.5. The van der Waals surface area contributed by atoms with E-state index in [1.54, 1.807) is 36.1 Å². The van der Waals surface area contributed by atoms with Crippen molar-refractivity contribution in [2.24, 2.45) is 5.92 Å². The van der Waals surface area contributed by atoms with Gasteiger partial charge in [-0.2, -0.15) is 0 Å². The van der Waals surface area contributed by atoms with Crippen molar-refractivity contribution in [2.45, 2.75) is 19.8 Å². The molecule has 0 unspecified atom stereocenters. The molecule has 1 heterocycles. The Morgan fingerprint density at radius 2 is 1.86 bits per heavy atom. The SMILES string of the molecule is CCOC(=O)C1CCN(C(=O)CN(C)C(=O)CNC(=O)c2ccccc2Cl)CC1. The zero-order valence-corrected chi connectivity index (χ0v) is 17.4. The first kappa shape index (κ1) is 22.7. The van der Waals surface area contributed by atoms with Gasteiger partial charge < -0.3 is 19.9 Å². The molecule has 2 rings (SSSR count). The average molecular weight is 424 g/mol. The van der Waals surface area contributed by atoms with E-state index in [-0.39, 0.29) is 42.4 Å². The lowest BCUT2D eigenvalue weighted by molar-refractivity contribution is -0.151. The minimum atomic E-state index is -0.454. The van der Waals surface area contributed by atoms with Crippen molar-refractivity contribution in [3.8, 4) is 0 Å². The Kier molecular flexibility index (Phi) is 8.45. The molecule has 1 aromatic rings. The minimum absolute atomic E-state index is 0.0924. The molecule has 29 heavy (non-hydrogen) atoms. The molecule has 0 atom stereocenters. The van der Waals surface area contributed by atoms with Gasteiger partial charge in [-0.15, -0.1) is 0 Å². The molecule has 158 valence electrons. The van der Waals surface area contributed by atoms with Crippen LogP contribution >= 0.6 is 11.6 Å². The molecule has 8 nitrogen and oxygen atoms in total. The molecule has 9 heteroatoms. The highest BCUT2D eigenvalue weighted by Gasteiger charge is 2.29. The lowest BCUT2D eigenvalue weighted by Gasteiger charge is -2.32. The van der Waals surface area contributed by atoms with E-state index in [4.69, 9.17) is 16.3 Å². The van der Waals surface area contributed by atoms with Crippen molar-refractivity contribution < 1.29 is 23.9 Å². The molecule has 0 aromatic heterocycles. The number of hydrogen-bond acceptors (Lipinski definition) is 5. The smallest absolute Gasteiger partial charge is 0.309 e. The van der Waals surface area contributed by atoms with Crippen LogP contribution in [-0.4, -0.2) is 73.3 Å². The second kappa shape index (κ2) is 10.8. The van der Waals surface area contributed by atoms with Crippen LogP contribution in [0.15, 0.2) is 24.3 Å². The first-order chi connectivity index (χ1) is 13.8. The number of benzene rings is 1. The van der Waals surface area contributed by atoms with Gasteiger partial charge in [0.1, 0.15) is 0 Å². The summed E-state index contributed by atoms with van der Waals surface area (Å²) < 4.78 is 5.02. The fourth-order valence-corrected chi connectivity index (χ4v) is 3.27. The van der Waals surface area contributed by atoms with Crippen molar-refractivity contribution >= 4 is 35.3 Å².